The van der Waals surface area contributed by atoms with E-state index in [4.69, 9.17) is 4.74 Å². The maximum Gasteiger partial charge on any atom is 0.257 e. The van der Waals surface area contributed by atoms with Crippen LogP contribution in [0.5, 0.6) is 5.75 Å². The molecule has 6 nitrogen and oxygen atoms in total. The minimum absolute atomic E-state index is 0.131. The molecule has 0 saturated carbocycles. The van der Waals surface area contributed by atoms with Crippen LogP contribution in [-0.4, -0.2) is 50.8 Å². The number of carbonyl (C=O) groups excluding carboxylic acids is 1. The first-order valence-electron chi connectivity index (χ1n) is 9.41. The first kappa shape index (κ1) is 20.4. The molecule has 1 heterocycles. The lowest BCUT2D eigenvalue weighted by molar-refractivity contribution is 0.0781. The predicted molar refractivity (Wildman–Crippen MR) is 108 cm³/mol. The van der Waals surface area contributed by atoms with Gasteiger partial charge in [-0.2, -0.15) is 4.31 Å². The number of rotatable bonds is 6. The van der Waals surface area contributed by atoms with E-state index in [0.29, 0.717) is 25.4 Å². The van der Waals surface area contributed by atoms with E-state index in [1.807, 2.05) is 30.3 Å². The van der Waals surface area contributed by atoms with Crippen molar-refractivity contribution in [2.75, 3.05) is 27.2 Å². The fourth-order valence-electron chi connectivity index (χ4n) is 3.40. The van der Waals surface area contributed by atoms with Crippen LogP contribution in [0.3, 0.4) is 0 Å². The Hall–Kier alpha value is -2.38. The van der Waals surface area contributed by atoms with Crippen LogP contribution in [0.25, 0.3) is 0 Å². The van der Waals surface area contributed by atoms with Gasteiger partial charge in [-0.1, -0.05) is 36.8 Å². The Bertz CT molecular complexity index is 923. The standard InChI is InChI=1S/C21H26N2O4S/c1-22(16-17-9-5-3-6-10-17)21(24)19-15-18(11-12-20(19)27-2)28(25,26)23-13-7-4-8-14-23/h3,5-6,9-12,15H,4,7-8,13-14,16H2,1-2H3. The minimum atomic E-state index is -3.62. The van der Waals surface area contributed by atoms with Gasteiger partial charge in [-0.05, 0) is 36.6 Å². The largest absolute Gasteiger partial charge is 0.496 e. The number of nitrogens with zero attached hydrogens (tertiary/aromatic N) is 2. The second-order valence-electron chi connectivity index (χ2n) is 6.97. The Morgan fingerprint density at radius 3 is 2.39 bits per heavy atom. The average Bonchev–Trinajstić information content (AvgIpc) is 2.74. The Labute approximate surface area is 166 Å². The van der Waals surface area contributed by atoms with Gasteiger partial charge in [0.25, 0.3) is 5.91 Å². The summed E-state index contributed by atoms with van der Waals surface area (Å²) in [6, 6.07) is 14.1. The van der Waals surface area contributed by atoms with Crippen molar-refractivity contribution in [2.45, 2.75) is 30.7 Å². The highest BCUT2D eigenvalue weighted by molar-refractivity contribution is 7.89. The summed E-state index contributed by atoms with van der Waals surface area (Å²) in [5, 5.41) is 0. The van der Waals surface area contributed by atoms with E-state index in [1.54, 1.807) is 18.0 Å². The number of carbonyl (C=O) groups is 1. The summed E-state index contributed by atoms with van der Waals surface area (Å²) in [7, 11) is -0.451. The Morgan fingerprint density at radius 2 is 1.75 bits per heavy atom. The van der Waals surface area contributed by atoms with Crippen molar-refractivity contribution >= 4 is 15.9 Å². The van der Waals surface area contributed by atoms with Crippen molar-refractivity contribution in [3.63, 3.8) is 0 Å². The Balaban J connectivity index is 1.89. The van der Waals surface area contributed by atoms with Crippen LogP contribution in [0.4, 0.5) is 0 Å². The molecule has 0 radical (unpaired) electrons. The molecule has 0 aliphatic carbocycles. The number of ether oxygens (including phenoxy) is 1. The molecule has 150 valence electrons. The highest BCUT2D eigenvalue weighted by Crippen LogP contribution is 2.27. The van der Waals surface area contributed by atoms with E-state index in [2.05, 4.69) is 0 Å². The third kappa shape index (κ3) is 4.36. The molecule has 2 aromatic rings. The van der Waals surface area contributed by atoms with Gasteiger partial charge in [-0.3, -0.25) is 4.79 Å². The van der Waals surface area contributed by atoms with Crippen LogP contribution in [-0.2, 0) is 16.6 Å². The van der Waals surface area contributed by atoms with Gasteiger partial charge in [-0.15, -0.1) is 0 Å². The summed E-state index contributed by atoms with van der Waals surface area (Å²) in [4.78, 5) is 14.7. The van der Waals surface area contributed by atoms with Gasteiger partial charge in [0.2, 0.25) is 10.0 Å². The summed E-state index contributed by atoms with van der Waals surface area (Å²) in [5.74, 6) is 0.0823. The zero-order valence-electron chi connectivity index (χ0n) is 16.3. The lowest BCUT2D eigenvalue weighted by Gasteiger charge is -2.26. The fourth-order valence-corrected chi connectivity index (χ4v) is 4.95. The van der Waals surface area contributed by atoms with Crippen LogP contribution in [0.2, 0.25) is 0 Å². The second kappa shape index (κ2) is 8.75. The number of benzene rings is 2. The predicted octanol–water partition coefficient (Wildman–Crippen LogP) is 3.14. The molecule has 1 aliphatic heterocycles. The van der Waals surface area contributed by atoms with Gasteiger partial charge in [0, 0.05) is 26.7 Å². The van der Waals surface area contributed by atoms with Gasteiger partial charge in [0.1, 0.15) is 5.75 Å². The second-order valence-corrected chi connectivity index (χ2v) is 8.91. The van der Waals surface area contributed by atoms with Crippen molar-refractivity contribution in [3.05, 3.63) is 59.7 Å². The van der Waals surface area contributed by atoms with Crippen LogP contribution >= 0.6 is 0 Å². The molecule has 1 aliphatic rings. The molecule has 1 saturated heterocycles. The number of amides is 1. The van der Waals surface area contributed by atoms with E-state index in [-0.39, 0.29) is 16.4 Å². The third-order valence-corrected chi connectivity index (χ3v) is 6.86. The highest BCUT2D eigenvalue weighted by atomic mass is 32.2. The number of hydrogen-bond donors (Lipinski definition) is 0. The summed E-state index contributed by atoms with van der Waals surface area (Å²) in [5.41, 5.74) is 1.24. The van der Waals surface area contributed by atoms with Crippen molar-refractivity contribution < 1.29 is 17.9 Å². The molecular weight excluding hydrogens is 376 g/mol. The van der Waals surface area contributed by atoms with Gasteiger partial charge in [0.15, 0.2) is 0 Å². The SMILES string of the molecule is COc1ccc(S(=O)(=O)N2CCCCC2)cc1C(=O)N(C)Cc1ccccc1. The van der Waals surface area contributed by atoms with Gasteiger partial charge in [0.05, 0.1) is 17.6 Å². The number of methoxy groups -OCH3 is 1. The third-order valence-electron chi connectivity index (χ3n) is 4.96. The molecule has 0 N–H and O–H groups in total. The Morgan fingerprint density at radius 1 is 1.07 bits per heavy atom. The lowest BCUT2D eigenvalue weighted by atomic mass is 10.1. The van der Waals surface area contributed by atoms with Crippen LogP contribution < -0.4 is 4.74 Å². The lowest BCUT2D eigenvalue weighted by Crippen LogP contribution is -2.35. The summed E-state index contributed by atoms with van der Waals surface area (Å²) >= 11 is 0. The van der Waals surface area contributed by atoms with Crippen molar-refractivity contribution in [2.24, 2.45) is 0 Å². The smallest absolute Gasteiger partial charge is 0.257 e. The van der Waals surface area contributed by atoms with E-state index in [9.17, 15) is 13.2 Å². The molecule has 0 unspecified atom stereocenters. The van der Waals surface area contributed by atoms with Crippen LogP contribution in [0.15, 0.2) is 53.4 Å². The zero-order valence-corrected chi connectivity index (χ0v) is 17.1. The summed E-state index contributed by atoms with van der Waals surface area (Å²) in [6.45, 7) is 1.46. The maximum absolute atomic E-state index is 13.0. The number of piperidine rings is 1. The first-order chi connectivity index (χ1) is 13.4. The number of sulfonamides is 1. The Kier molecular flexibility index (Phi) is 6.36. The van der Waals surface area contributed by atoms with Gasteiger partial charge in [-0.25, -0.2) is 8.42 Å². The molecular formula is C21H26N2O4S. The first-order valence-corrected chi connectivity index (χ1v) is 10.8. The van der Waals surface area contributed by atoms with E-state index < -0.39 is 10.0 Å². The van der Waals surface area contributed by atoms with E-state index in [0.717, 1.165) is 24.8 Å². The van der Waals surface area contributed by atoms with Crippen LogP contribution in [0.1, 0.15) is 35.2 Å². The molecule has 0 bridgehead atoms. The molecule has 7 heteroatoms. The minimum Gasteiger partial charge on any atom is -0.496 e. The maximum atomic E-state index is 13.0. The highest BCUT2D eigenvalue weighted by Gasteiger charge is 2.28. The summed E-state index contributed by atoms with van der Waals surface area (Å²) in [6.07, 6.45) is 2.77. The quantitative estimate of drug-likeness (QED) is 0.745. The fraction of sp³-hybridized carbons (Fsp3) is 0.381. The molecule has 0 spiro atoms. The van der Waals surface area contributed by atoms with E-state index in [1.165, 1.54) is 23.5 Å². The van der Waals surface area contributed by atoms with E-state index >= 15 is 0 Å². The molecule has 0 atom stereocenters. The topological polar surface area (TPSA) is 66.9 Å². The van der Waals surface area contributed by atoms with Crippen molar-refractivity contribution in [1.82, 2.24) is 9.21 Å². The average molecular weight is 403 g/mol. The van der Waals surface area contributed by atoms with Crippen LogP contribution in [0, 0.1) is 0 Å². The molecule has 28 heavy (non-hydrogen) atoms. The van der Waals surface area contributed by atoms with Crippen molar-refractivity contribution in [3.8, 4) is 5.75 Å². The number of hydrogen-bond acceptors (Lipinski definition) is 4. The van der Waals surface area contributed by atoms with Gasteiger partial charge < -0.3 is 9.64 Å². The van der Waals surface area contributed by atoms with Crippen molar-refractivity contribution in [1.29, 1.82) is 0 Å². The molecule has 2 aromatic carbocycles. The van der Waals surface area contributed by atoms with Gasteiger partial charge >= 0.3 is 0 Å². The zero-order chi connectivity index (χ0) is 20.1. The monoisotopic (exact) mass is 402 g/mol. The normalized spacial score (nSPS) is 15.2. The molecule has 1 fully saturated rings. The molecule has 0 aromatic heterocycles. The molecule has 3 rings (SSSR count). The molecule has 1 amide bonds. The summed E-state index contributed by atoms with van der Waals surface area (Å²) < 4.78 is 32.8.